The Kier molecular flexibility index (Phi) is 4.60. The summed E-state index contributed by atoms with van der Waals surface area (Å²) >= 11 is 1.46. The van der Waals surface area contributed by atoms with E-state index in [4.69, 9.17) is 0 Å². The van der Waals surface area contributed by atoms with Gasteiger partial charge in [0.2, 0.25) is 0 Å². The van der Waals surface area contributed by atoms with Gasteiger partial charge in [0.25, 0.3) is 0 Å². The van der Waals surface area contributed by atoms with E-state index < -0.39 is 5.60 Å². The molecule has 2 heterocycles. The lowest BCUT2D eigenvalue weighted by molar-refractivity contribution is -0.0220. The van der Waals surface area contributed by atoms with Gasteiger partial charge in [0.05, 0.1) is 17.5 Å². The van der Waals surface area contributed by atoms with Crippen LogP contribution in [-0.2, 0) is 0 Å². The number of hydrogen-bond acceptors (Lipinski definition) is 5. The lowest BCUT2D eigenvalue weighted by Crippen LogP contribution is -2.47. The maximum atomic E-state index is 12.2. The molecule has 0 aromatic carbocycles. The summed E-state index contributed by atoms with van der Waals surface area (Å²) in [5.74, 6) is 0. The van der Waals surface area contributed by atoms with Crippen LogP contribution in [0, 0.1) is 5.41 Å². The van der Waals surface area contributed by atoms with E-state index in [1.54, 1.807) is 12.4 Å². The van der Waals surface area contributed by atoms with Gasteiger partial charge < -0.3 is 15.7 Å². The quantitative estimate of drug-likeness (QED) is 0.681. The van der Waals surface area contributed by atoms with E-state index in [9.17, 15) is 9.90 Å². The summed E-state index contributed by atoms with van der Waals surface area (Å²) < 4.78 is 0. The molecule has 4 N–H and O–H groups in total. The standard InChI is InChI=1S/C16H23N5O2S/c1-15(2)3-5-16(23,6-4-15)10-18-14(22)20-11-9-19-21-12(11)13-17-7-8-24-13/h7-9,23H,3-6,10H2,1-2H3,(H,19,21)(H2,18,20,22). The van der Waals surface area contributed by atoms with E-state index in [1.807, 2.05) is 5.38 Å². The topological polar surface area (TPSA) is 103 Å². The van der Waals surface area contributed by atoms with Gasteiger partial charge in [-0.15, -0.1) is 11.3 Å². The molecule has 1 saturated carbocycles. The number of hydrogen-bond donors (Lipinski definition) is 4. The number of amides is 2. The highest BCUT2D eigenvalue weighted by atomic mass is 32.1. The molecule has 3 rings (SSSR count). The smallest absolute Gasteiger partial charge is 0.319 e. The summed E-state index contributed by atoms with van der Waals surface area (Å²) in [7, 11) is 0. The fraction of sp³-hybridized carbons (Fsp3) is 0.562. The molecule has 0 unspecified atom stereocenters. The molecule has 130 valence electrons. The summed E-state index contributed by atoms with van der Waals surface area (Å²) in [5.41, 5.74) is 0.701. The molecule has 0 aliphatic heterocycles. The van der Waals surface area contributed by atoms with Crippen molar-refractivity contribution < 1.29 is 9.90 Å². The zero-order valence-electron chi connectivity index (χ0n) is 13.9. The van der Waals surface area contributed by atoms with Gasteiger partial charge in [-0.2, -0.15) is 5.10 Å². The molecular weight excluding hydrogens is 326 g/mol. The summed E-state index contributed by atoms with van der Waals surface area (Å²) in [6, 6.07) is -0.354. The van der Waals surface area contributed by atoms with Crippen LogP contribution >= 0.6 is 11.3 Å². The molecule has 1 aliphatic rings. The van der Waals surface area contributed by atoms with Crippen LogP contribution in [0.2, 0.25) is 0 Å². The first-order chi connectivity index (χ1) is 11.4. The van der Waals surface area contributed by atoms with Crippen molar-refractivity contribution in [3.8, 4) is 10.7 Å². The Hall–Kier alpha value is -1.93. The molecule has 7 nitrogen and oxygen atoms in total. The molecule has 0 bridgehead atoms. The summed E-state index contributed by atoms with van der Waals surface area (Å²) in [6.07, 6.45) is 6.58. The molecule has 2 aromatic heterocycles. The first-order valence-corrected chi connectivity index (χ1v) is 8.95. The minimum Gasteiger partial charge on any atom is -0.388 e. The van der Waals surface area contributed by atoms with E-state index in [0.29, 0.717) is 24.2 Å². The van der Waals surface area contributed by atoms with Gasteiger partial charge in [-0.1, -0.05) is 13.8 Å². The number of rotatable bonds is 4. The van der Waals surface area contributed by atoms with Crippen molar-refractivity contribution in [2.45, 2.75) is 45.1 Å². The monoisotopic (exact) mass is 349 g/mol. The van der Waals surface area contributed by atoms with Crippen molar-refractivity contribution in [1.29, 1.82) is 0 Å². The van der Waals surface area contributed by atoms with Crippen molar-refractivity contribution >= 4 is 23.1 Å². The fourth-order valence-corrected chi connectivity index (χ4v) is 3.52. The van der Waals surface area contributed by atoms with Gasteiger partial charge in [-0.3, -0.25) is 5.10 Å². The Morgan fingerprint density at radius 3 is 2.79 bits per heavy atom. The second-order valence-electron chi connectivity index (χ2n) is 7.19. The number of nitrogens with zero attached hydrogens (tertiary/aromatic N) is 2. The minimum absolute atomic E-state index is 0.249. The number of carbonyl (C=O) groups excluding carboxylic acids is 1. The zero-order valence-corrected chi connectivity index (χ0v) is 14.7. The Balaban J connectivity index is 1.55. The van der Waals surface area contributed by atoms with Gasteiger partial charge in [-0.25, -0.2) is 9.78 Å². The Labute approximate surface area is 144 Å². The second-order valence-corrected chi connectivity index (χ2v) is 8.09. The van der Waals surface area contributed by atoms with Crippen LogP contribution in [0.5, 0.6) is 0 Å². The molecule has 2 aromatic rings. The molecular formula is C16H23N5O2S. The lowest BCUT2D eigenvalue weighted by Gasteiger charge is -2.40. The van der Waals surface area contributed by atoms with E-state index in [0.717, 1.165) is 17.8 Å². The third kappa shape index (κ3) is 3.93. The first kappa shape index (κ1) is 16.9. The fourth-order valence-electron chi connectivity index (χ4n) is 2.87. The third-order valence-corrected chi connectivity index (χ3v) is 5.44. The average molecular weight is 349 g/mol. The molecule has 1 fully saturated rings. The number of carbonyl (C=O) groups is 1. The maximum absolute atomic E-state index is 12.2. The predicted molar refractivity (Wildman–Crippen MR) is 93.9 cm³/mol. The Morgan fingerprint density at radius 2 is 2.12 bits per heavy atom. The van der Waals surface area contributed by atoms with Gasteiger partial charge in [-0.05, 0) is 31.1 Å². The lowest BCUT2D eigenvalue weighted by atomic mass is 9.71. The Morgan fingerprint density at radius 1 is 1.38 bits per heavy atom. The molecule has 0 atom stereocenters. The van der Waals surface area contributed by atoms with Crippen LogP contribution < -0.4 is 10.6 Å². The van der Waals surface area contributed by atoms with Gasteiger partial charge >= 0.3 is 6.03 Å². The van der Waals surface area contributed by atoms with Crippen LogP contribution in [-0.4, -0.2) is 38.5 Å². The number of aromatic nitrogens is 3. The molecule has 24 heavy (non-hydrogen) atoms. The zero-order chi connectivity index (χ0) is 17.2. The number of H-pyrrole nitrogens is 1. The van der Waals surface area contributed by atoms with Crippen molar-refractivity contribution in [3.05, 3.63) is 17.8 Å². The first-order valence-electron chi connectivity index (χ1n) is 8.07. The summed E-state index contributed by atoms with van der Waals surface area (Å²) in [6.45, 7) is 4.68. The molecule has 2 amide bonds. The van der Waals surface area contributed by atoms with E-state index >= 15 is 0 Å². The summed E-state index contributed by atoms with van der Waals surface area (Å²) in [4.78, 5) is 16.4. The number of thiazole rings is 1. The highest BCUT2D eigenvalue weighted by Crippen LogP contribution is 2.39. The van der Waals surface area contributed by atoms with Crippen LogP contribution in [0.15, 0.2) is 17.8 Å². The van der Waals surface area contributed by atoms with Gasteiger partial charge in [0.15, 0.2) is 0 Å². The van der Waals surface area contributed by atoms with Crippen molar-refractivity contribution in [2.75, 3.05) is 11.9 Å². The molecule has 0 spiro atoms. The highest BCUT2D eigenvalue weighted by molar-refractivity contribution is 7.13. The highest BCUT2D eigenvalue weighted by Gasteiger charge is 2.36. The van der Waals surface area contributed by atoms with Crippen LogP contribution in [0.3, 0.4) is 0 Å². The molecule has 1 aliphatic carbocycles. The van der Waals surface area contributed by atoms with Crippen molar-refractivity contribution in [2.24, 2.45) is 5.41 Å². The normalized spacial score (nSPS) is 19.0. The molecule has 8 heteroatoms. The number of nitrogens with one attached hydrogen (secondary N) is 3. The minimum atomic E-state index is -0.818. The number of urea groups is 1. The SMILES string of the molecule is CC1(C)CCC(O)(CNC(=O)Nc2cn[nH]c2-c2nccs2)CC1. The van der Waals surface area contributed by atoms with Crippen LogP contribution in [0.25, 0.3) is 10.7 Å². The molecule has 0 radical (unpaired) electrons. The van der Waals surface area contributed by atoms with Crippen LogP contribution in [0.1, 0.15) is 39.5 Å². The van der Waals surface area contributed by atoms with E-state index in [-0.39, 0.29) is 18.0 Å². The summed E-state index contributed by atoms with van der Waals surface area (Å²) in [5, 5.41) is 25.6. The number of aliphatic hydroxyl groups is 1. The predicted octanol–water partition coefficient (Wildman–Crippen LogP) is 2.99. The number of anilines is 1. The average Bonchev–Trinajstić information content (AvgIpc) is 3.20. The van der Waals surface area contributed by atoms with Crippen molar-refractivity contribution in [3.63, 3.8) is 0 Å². The van der Waals surface area contributed by atoms with E-state index in [1.165, 1.54) is 11.3 Å². The Bertz CT molecular complexity index is 685. The van der Waals surface area contributed by atoms with Crippen molar-refractivity contribution in [1.82, 2.24) is 20.5 Å². The van der Waals surface area contributed by atoms with Gasteiger partial charge in [0, 0.05) is 18.1 Å². The number of aromatic amines is 1. The van der Waals surface area contributed by atoms with Crippen LogP contribution in [0.4, 0.5) is 10.5 Å². The largest absolute Gasteiger partial charge is 0.388 e. The molecule has 0 saturated heterocycles. The second kappa shape index (κ2) is 6.52. The van der Waals surface area contributed by atoms with E-state index in [2.05, 4.69) is 39.7 Å². The van der Waals surface area contributed by atoms with Gasteiger partial charge in [0.1, 0.15) is 10.7 Å². The maximum Gasteiger partial charge on any atom is 0.319 e. The third-order valence-electron chi connectivity index (χ3n) is 4.65.